The zero-order valence-electron chi connectivity index (χ0n) is 24.9. The molecular weight excluding hydrogens is 603 g/mol. The molecule has 1 fully saturated rings. The number of thiol groups is 1. The molecule has 0 aliphatic carbocycles. The fourth-order valence-electron chi connectivity index (χ4n) is 5.34. The summed E-state index contributed by atoms with van der Waals surface area (Å²) in [7, 11) is 3.98. The van der Waals surface area contributed by atoms with Gasteiger partial charge in [0.05, 0.1) is 16.6 Å². The van der Waals surface area contributed by atoms with Crippen molar-refractivity contribution in [2.75, 3.05) is 24.7 Å². The maximum atomic E-state index is 14.1. The summed E-state index contributed by atoms with van der Waals surface area (Å²) in [5, 5.41) is 7.93. The first-order chi connectivity index (χ1) is 21.8. The third kappa shape index (κ3) is 6.40. The number of ether oxygens (including phenoxy) is 1. The van der Waals surface area contributed by atoms with E-state index in [-0.39, 0.29) is 17.0 Å². The van der Waals surface area contributed by atoms with E-state index in [2.05, 4.69) is 10.2 Å². The maximum absolute atomic E-state index is 14.1. The topological polar surface area (TPSA) is 101 Å². The Kier molecular flexibility index (Phi) is 9.07. The molecule has 8 nitrogen and oxygen atoms in total. The van der Waals surface area contributed by atoms with Gasteiger partial charge in [-0.3, -0.25) is 9.69 Å². The smallest absolute Gasteiger partial charge is 0.356 e. The van der Waals surface area contributed by atoms with Crippen LogP contribution in [-0.2, 0) is 14.3 Å². The van der Waals surface area contributed by atoms with Crippen LogP contribution in [-0.4, -0.2) is 48.0 Å². The highest BCUT2D eigenvalue weighted by Gasteiger charge is 2.53. The molecule has 6 rings (SSSR count). The zero-order chi connectivity index (χ0) is 31.5. The number of anilines is 1. The summed E-state index contributed by atoms with van der Waals surface area (Å²) in [5.41, 5.74) is 12.1. The van der Waals surface area contributed by atoms with E-state index in [1.807, 2.05) is 128 Å². The highest BCUT2D eigenvalue weighted by molar-refractivity contribution is 8.00. The van der Waals surface area contributed by atoms with Gasteiger partial charge in [0, 0.05) is 25.5 Å². The van der Waals surface area contributed by atoms with Crippen LogP contribution in [0.15, 0.2) is 131 Å². The van der Waals surface area contributed by atoms with Gasteiger partial charge in [-0.2, -0.15) is 22.9 Å². The Balaban J connectivity index is 1.28. The van der Waals surface area contributed by atoms with E-state index >= 15 is 0 Å². The number of hydrogen-bond donors (Lipinski definition) is 2. The number of fused-ring (bicyclic) bond motifs is 1. The number of nitrogens with two attached hydrogens (primary N) is 1. The zero-order valence-corrected chi connectivity index (χ0v) is 26.6. The standard InChI is InChI=1S/C35H33N5O3S2/c1-39(2)27-19-17-26(18-20-27)38-37-25-15-13-24(14-16-25)32(44)28-21-45-34-29(36)33(41)40(34)30(28)35(42)43-31(22-9-5-3-6-10-22)23-11-7-4-8-12-23/h3-20,29,31-32,34,44H,21,36H2,1-2H3/b38-37+. The Morgan fingerprint density at radius 3 is 1.93 bits per heavy atom. The first kappa shape index (κ1) is 30.6. The second-order valence-electron chi connectivity index (χ2n) is 11.0. The van der Waals surface area contributed by atoms with Gasteiger partial charge in [-0.05, 0) is 58.7 Å². The van der Waals surface area contributed by atoms with Crippen molar-refractivity contribution in [3.8, 4) is 0 Å². The number of carbonyl (C=O) groups excluding carboxylic acids is 2. The highest BCUT2D eigenvalue weighted by Crippen LogP contribution is 2.46. The summed E-state index contributed by atoms with van der Waals surface area (Å²) >= 11 is 6.49. The molecule has 0 saturated carbocycles. The summed E-state index contributed by atoms with van der Waals surface area (Å²) in [4.78, 5) is 30.6. The number of carbonyl (C=O) groups is 2. The lowest BCUT2D eigenvalue weighted by atomic mass is 9.98. The van der Waals surface area contributed by atoms with E-state index in [0.29, 0.717) is 17.0 Å². The quantitative estimate of drug-likeness (QED) is 0.0892. The number of nitrogens with zero attached hydrogens (tertiary/aromatic N) is 4. The molecule has 2 aliphatic rings. The Morgan fingerprint density at radius 1 is 0.867 bits per heavy atom. The molecule has 4 aromatic carbocycles. The molecule has 0 spiro atoms. The van der Waals surface area contributed by atoms with Gasteiger partial charge in [0.25, 0.3) is 0 Å². The number of esters is 1. The number of β-lactam (4-membered cyclic amide) rings is 1. The lowest BCUT2D eigenvalue weighted by Gasteiger charge is -2.49. The van der Waals surface area contributed by atoms with E-state index in [1.165, 1.54) is 16.7 Å². The van der Waals surface area contributed by atoms with Crippen molar-refractivity contribution >= 4 is 53.3 Å². The molecule has 0 bridgehead atoms. The molecule has 1 saturated heterocycles. The molecule has 4 aromatic rings. The van der Waals surface area contributed by atoms with E-state index in [9.17, 15) is 9.59 Å². The Bertz CT molecular complexity index is 1690. The molecular formula is C35H33N5O3S2. The number of azo groups is 1. The van der Waals surface area contributed by atoms with E-state index in [4.69, 9.17) is 23.1 Å². The normalized spacial score (nSPS) is 18.5. The predicted molar refractivity (Wildman–Crippen MR) is 182 cm³/mol. The second-order valence-corrected chi connectivity index (χ2v) is 12.6. The molecule has 228 valence electrons. The summed E-state index contributed by atoms with van der Waals surface area (Å²) in [6.45, 7) is 0. The first-order valence-corrected chi connectivity index (χ1v) is 16.1. The van der Waals surface area contributed by atoms with E-state index in [0.717, 1.165) is 28.1 Å². The fraction of sp³-hybridized carbons (Fsp3) is 0.200. The van der Waals surface area contributed by atoms with Gasteiger partial charge in [-0.15, -0.1) is 11.8 Å². The Labute approximate surface area is 272 Å². The largest absolute Gasteiger partial charge is 0.448 e. The third-order valence-corrected chi connectivity index (χ3v) is 9.78. The van der Waals surface area contributed by atoms with E-state index < -0.39 is 23.4 Å². The first-order valence-electron chi connectivity index (χ1n) is 14.5. The van der Waals surface area contributed by atoms with Crippen LogP contribution in [0, 0.1) is 0 Å². The van der Waals surface area contributed by atoms with Gasteiger partial charge in [-0.1, -0.05) is 72.8 Å². The molecule has 2 N–H and O–H groups in total. The number of hydrogen-bond acceptors (Lipinski definition) is 9. The SMILES string of the molecule is CN(C)c1ccc(/N=N/c2ccc(C(S)C3=C(C(=O)OC(c4ccccc4)c4ccccc4)N4C(=O)C(N)C4SC3)cc2)cc1. The minimum Gasteiger partial charge on any atom is -0.448 e. The average Bonchev–Trinajstić information content (AvgIpc) is 3.09. The van der Waals surface area contributed by atoms with Crippen molar-refractivity contribution in [1.82, 2.24) is 4.90 Å². The summed E-state index contributed by atoms with van der Waals surface area (Å²) in [6, 6.07) is 33.8. The molecule has 0 radical (unpaired) electrons. The van der Waals surface area contributed by atoms with Crippen LogP contribution in [0.4, 0.5) is 17.1 Å². The van der Waals surface area contributed by atoms with Gasteiger partial charge in [-0.25, -0.2) is 4.79 Å². The minimum atomic E-state index is -0.666. The monoisotopic (exact) mass is 635 g/mol. The fourth-order valence-corrected chi connectivity index (χ4v) is 7.19. The van der Waals surface area contributed by atoms with Crippen LogP contribution >= 0.6 is 24.4 Å². The molecule has 3 unspecified atom stereocenters. The lowest BCUT2D eigenvalue weighted by molar-refractivity contribution is -0.153. The molecule has 3 atom stereocenters. The number of rotatable bonds is 9. The Hall–Kier alpha value is -4.38. The van der Waals surface area contributed by atoms with Crippen molar-refractivity contribution in [2.45, 2.75) is 22.8 Å². The van der Waals surface area contributed by atoms with Crippen molar-refractivity contribution in [3.05, 3.63) is 137 Å². The maximum Gasteiger partial charge on any atom is 0.356 e. The summed E-state index contributed by atoms with van der Waals surface area (Å²) in [5.74, 6) is -0.410. The van der Waals surface area contributed by atoms with E-state index in [1.54, 1.807) is 0 Å². The predicted octanol–water partition coefficient (Wildman–Crippen LogP) is 6.97. The molecule has 10 heteroatoms. The molecule has 2 aliphatic heterocycles. The van der Waals surface area contributed by atoms with Crippen molar-refractivity contribution < 1.29 is 14.3 Å². The Morgan fingerprint density at radius 2 is 1.40 bits per heavy atom. The van der Waals surface area contributed by atoms with Crippen molar-refractivity contribution in [1.29, 1.82) is 0 Å². The summed E-state index contributed by atoms with van der Waals surface area (Å²) in [6.07, 6.45) is -0.658. The minimum absolute atomic E-state index is 0.215. The van der Waals surface area contributed by atoms with Gasteiger partial charge < -0.3 is 15.4 Å². The van der Waals surface area contributed by atoms with Gasteiger partial charge in [0.1, 0.15) is 17.1 Å². The van der Waals surface area contributed by atoms with Gasteiger partial charge in [0.2, 0.25) is 5.91 Å². The van der Waals surface area contributed by atoms with Crippen molar-refractivity contribution in [3.63, 3.8) is 0 Å². The molecule has 1 amide bonds. The van der Waals surface area contributed by atoms with Crippen LogP contribution in [0.1, 0.15) is 28.0 Å². The number of thioether (sulfide) groups is 1. The van der Waals surface area contributed by atoms with Crippen LogP contribution in [0.25, 0.3) is 0 Å². The highest BCUT2D eigenvalue weighted by atomic mass is 32.2. The molecule has 45 heavy (non-hydrogen) atoms. The third-order valence-electron chi connectivity index (χ3n) is 7.85. The molecule has 0 aromatic heterocycles. The van der Waals surface area contributed by atoms with Gasteiger partial charge >= 0.3 is 5.97 Å². The van der Waals surface area contributed by atoms with Crippen LogP contribution in [0.3, 0.4) is 0 Å². The van der Waals surface area contributed by atoms with Crippen LogP contribution in [0.2, 0.25) is 0 Å². The number of benzene rings is 4. The van der Waals surface area contributed by atoms with Crippen LogP contribution in [0.5, 0.6) is 0 Å². The lowest BCUT2D eigenvalue weighted by Crippen LogP contribution is -2.68. The summed E-state index contributed by atoms with van der Waals surface area (Å²) < 4.78 is 6.22. The second kappa shape index (κ2) is 13.3. The average molecular weight is 636 g/mol. The number of amides is 1. The van der Waals surface area contributed by atoms with Crippen LogP contribution < -0.4 is 10.6 Å². The molecule has 2 heterocycles. The van der Waals surface area contributed by atoms with Gasteiger partial charge in [0.15, 0.2) is 6.10 Å². The van der Waals surface area contributed by atoms with Crippen molar-refractivity contribution in [2.24, 2.45) is 16.0 Å².